The summed E-state index contributed by atoms with van der Waals surface area (Å²) in [5.41, 5.74) is 3.53. The van der Waals surface area contributed by atoms with Gasteiger partial charge >= 0.3 is 0 Å². The lowest BCUT2D eigenvalue weighted by Gasteiger charge is -2.05. The first-order valence-electron chi connectivity index (χ1n) is 2.69. The average molecular weight is 114 g/mol. The number of hydrogen-bond donors (Lipinski definition) is 2. The molecular formula is C5H10N2O. The highest BCUT2D eigenvalue weighted by molar-refractivity contribution is 5.85. The van der Waals surface area contributed by atoms with Crippen LogP contribution in [0.2, 0.25) is 0 Å². The number of hydrogen-bond acceptors (Lipinski definition) is 3. The predicted molar refractivity (Wildman–Crippen MR) is 31.4 cm³/mol. The molecule has 1 aliphatic heterocycles. The van der Waals surface area contributed by atoms with Crippen molar-refractivity contribution in [2.24, 2.45) is 11.0 Å². The molecule has 0 aromatic rings. The summed E-state index contributed by atoms with van der Waals surface area (Å²) in [6, 6.07) is 0. The molecule has 1 aliphatic rings. The largest absolute Gasteiger partial charge is 0.372 e. The van der Waals surface area contributed by atoms with Crippen molar-refractivity contribution in [2.75, 3.05) is 0 Å². The Bertz CT molecular complexity index is 122. The van der Waals surface area contributed by atoms with Gasteiger partial charge in [0.1, 0.15) is 6.23 Å². The van der Waals surface area contributed by atoms with Crippen molar-refractivity contribution in [3.63, 3.8) is 0 Å². The smallest absolute Gasteiger partial charge is 0.147 e. The summed E-state index contributed by atoms with van der Waals surface area (Å²) >= 11 is 0. The van der Waals surface area contributed by atoms with Crippen LogP contribution in [0, 0.1) is 5.92 Å². The Labute approximate surface area is 48.4 Å². The van der Waals surface area contributed by atoms with E-state index in [9.17, 15) is 0 Å². The van der Waals surface area contributed by atoms with Crippen molar-refractivity contribution < 1.29 is 5.11 Å². The fourth-order valence-electron chi connectivity index (χ4n) is 0.610. The minimum Gasteiger partial charge on any atom is -0.372 e. The van der Waals surface area contributed by atoms with Crippen molar-refractivity contribution in [3.05, 3.63) is 0 Å². The second-order valence-corrected chi connectivity index (χ2v) is 2.12. The molecule has 46 valence electrons. The third-order valence-corrected chi connectivity index (χ3v) is 1.51. The van der Waals surface area contributed by atoms with Gasteiger partial charge in [-0.1, -0.05) is 6.92 Å². The second-order valence-electron chi connectivity index (χ2n) is 2.12. The first-order chi connectivity index (χ1) is 3.72. The van der Waals surface area contributed by atoms with E-state index in [0.29, 0.717) is 0 Å². The molecule has 0 radical (unpaired) electrons. The maximum absolute atomic E-state index is 8.94. The standard InChI is InChI=1S/C5H10N2O/c1-3-4(2)6-7-5(3)8/h3,5,7-8H,1-2H3. The molecule has 2 unspecified atom stereocenters. The van der Waals surface area contributed by atoms with E-state index >= 15 is 0 Å². The first-order valence-corrected chi connectivity index (χ1v) is 2.69. The summed E-state index contributed by atoms with van der Waals surface area (Å²) in [7, 11) is 0. The highest BCUT2D eigenvalue weighted by atomic mass is 16.3. The molecule has 2 N–H and O–H groups in total. The molecule has 0 fully saturated rings. The Hall–Kier alpha value is -0.570. The number of aliphatic hydroxyl groups is 1. The number of aliphatic hydroxyl groups excluding tert-OH is 1. The van der Waals surface area contributed by atoms with Crippen LogP contribution in [0.25, 0.3) is 0 Å². The van der Waals surface area contributed by atoms with Crippen LogP contribution in [0.3, 0.4) is 0 Å². The summed E-state index contributed by atoms with van der Waals surface area (Å²) in [5.74, 6) is 0.176. The average Bonchev–Trinajstić information content (AvgIpc) is 1.98. The zero-order valence-corrected chi connectivity index (χ0v) is 5.05. The van der Waals surface area contributed by atoms with Crippen molar-refractivity contribution >= 4 is 5.71 Å². The predicted octanol–water partition coefficient (Wildman–Crippen LogP) is -0.0800. The normalized spacial score (nSPS) is 36.6. The lowest BCUT2D eigenvalue weighted by atomic mass is 10.1. The highest BCUT2D eigenvalue weighted by Crippen LogP contribution is 2.08. The van der Waals surface area contributed by atoms with Crippen LogP contribution in [0.15, 0.2) is 5.10 Å². The van der Waals surface area contributed by atoms with E-state index in [2.05, 4.69) is 10.5 Å². The molecule has 8 heavy (non-hydrogen) atoms. The molecule has 1 rings (SSSR count). The molecule has 0 saturated carbocycles. The third-order valence-electron chi connectivity index (χ3n) is 1.51. The van der Waals surface area contributed by atoms with Crippen LogP contribution in [0.4, 0.5) is 0 Å². The van der Waals surface area contributed by atoms with Crippen LogP contribution in [-0.4, -0.2) is 17.0 Å². The molecule has 0 spiro atoms. The number of hydrazone groups is 1. The zero-order valence-electron chi connectivity index (χ0n) is 5.05. The second kappa shape index (κ2) is 1.74. The van der Waals surface area contributed by atoms with Gasteiger partial charge in [-0.2, -0.15) is 5.10 Å². The van der Waals surface area contributed by atoms with E-state index in [4.69, 9.17) is 5.11 Å². The van der Waals surface area contributed by atoms with E-state index in [0.717, 1.165) is 5.71 Å². The zero-order chi connectivity index (χ0) is 6.15. The Morgan fingerprint density at radius 3 is 2.50 bits per heavy atom. The van der Waals surface area contributed by atoms with E-state index < -0.39 is 6.23 Å². The summed E-state index contributed by atoms with van der Waals surface area (Å²) in [4.78, 5) is 0. The van der Waals surface area contributed by atoms with Gasteiger partial charge < -0.3 is 5.11 Å². The van der Waals surface area contributed by atoms with Crippen molar-refractivity contribution in [3.8, 4) is 0 Å². The third kappa shape index (κ3) is 0.690. The SMILES string of the molecule is CC1=NNC(O)C1C. The van der Waals surface area contributed by atoms with Gasteiger partial charge in [0.05, 0.1) is 0 Å². The number of rotatable bonds is 0. The molecule has 0 amide bonds. The van der Waals surface area contributed by atoms with Gasteiger partial charge in [-0.15, -0.1) is 0 Å². The molecule has 0 saturated heterocycles. The van der Waals surface area contributed by atoms with Gasteiger partial charge in [-0.05, 0) is 6.92 Å². The van der Waals surface area contributed by atoms with Crippen molar-refractivity contribution in [1.29, 1.82) is 0 Å². The first kappa shape index (κ1) is 5.56. The lowest BCUT2D eigenvalue weighted by molar-refractivity contribution is 0.124. The molecule has 2 atom stereocenters. The molecule has 0 bridgehead atoms. The Kier molecular flexibility index (Phi) is 1.21. The lowest BCUT2D eigenvalue weighted by Crippen LogP contribution is -2.25. The topological polar surface area (TPSA) is 44.6 Å². The fraction of sp³-hybridized carbons (Fsp3) is 0.800. The molecule has 3 nitrogen and oxygen atoms in total. The van der Waals surface area contributed by atoms with Gasteiger partial charge in [0.25, 0.3) is 0 Å². The molecule has 0 aromatic heterocycles. The molecular weight excluding hydrogens is 104 g/mol. The minimum absolute atomic E-state index is 0.176. The summed E-state index contributed by atoms with van der Waals surface area (Å²) < 4.78 is 0. The fourth-order valence-corrected chi connectivity index (χ4v) is 0.610. The van der Waals surface area contributed by atoms with E-state index in [-0.39, 0.29) is 5.92 Å². The summed E-state index contributed by atoms with van der Waals surface area (Å²) in [6.07, 6.45) is -0.463. The minimum atomic E-state index is -0.463. The van der Waals surface area contributed by atoms with Crippen LogP contribution < -0.4 is 5.43 Å². The van der Waals surface area contributed by atoms with Crippen molar-refractivity contribution in [1.82, 2.24) is 5.43 Å². The maximum Gasteiger partial charge on any atom is 0.147 e. The Morgan fingerprint density at radius 1 is 1.75 bits per heavy atom. The number of nitrogens with one attached hydrogen (secondary N) is 1. The monoisotopic (exact) mass is 114 g/mol. The Balaban J connectivity index is 2.59. The van der Waals surface area contributed by atoms with Crippen LogP contribution in [0.1, 0.15) is 13.8 Å². The van der Waals surface area contributed by atoms with Gasteiger partial charge in [0.15, 0.2) is 0 Å². The van der Waals surface area contributed by atoms with Gasteiger partial charge in [-0.3, -0.25) is 5.43 Å². The van der Waals surface area contributed by atoms with Crippen LogP contribution >= 0.6 is 0 Å². The van der Waals surface area contributed by atoms with Crippen LogP contribution in [0.5, 0.6) is 0 Å². The molecule has 0 aromatic carbocycles. The Morgan fingerprint density at radius 2 is 2.38 bits per heavy atom. The molecule has 0 aliphatic carbocycles. The van der Waals surface area contributed by atoms with Crippen molar-refractivity contribution in [2.45, 2.75) is 20.1 Å². The van der Waals surface area contributed by atoms with Gasteiger partial charge in [0.2, 0.25) is 0 Å². The highest BCUT2D eigenvalue weighted by Gasteiger charge is 2.21. The summed E-state index contributed by atoms with van der Waals surface area (Å²) in [5, 5.41) is 12.8. The van der Waals surface area contributed by atoms with E-state index in [1.54, 1.807) is 0 Å². The van der Waals surface area contributed by atoms with Crippen LogP contribution in [-0.2, 0) is 0 Å². The molecule has 3 heteroatoms. The maximum atomic E-state index is 8.94. The molecule has 1 heterocycles. The van der Waals surface area contributed by atoms with E-state index in [1.165, 1.54) is 0 Å². The number of nitrogens with zero attached hydrogens (tertiary/aromatic N) is 1. The summed E-state index contributed by atoms with van der Waals surface area (Å²) in [6.45, 7) is 3.83. The van der Waals surface area contributed by atoms with Gasteiger partial charge in [-0.25, -0.2) is 0 Å². The quantitative estimate of drug-likeness (QED) is 0.462. The van der Waals surface area contributed by atoms with E-state index in [1.807, 2.05) is 13.8 Å². The van der Waals surface area contributed by atoms with Gasteiger partial charge in [0, 0.05) is 11.6 Å².